The Bertz CT molecular complexity index is 1190. The highest BCUT2D eigenvalue weighted by atomic mass is 16.6. The number of carbonyl (C=O) groups excluding carboxylic acids is 1. The van der Waals surface area contributed by atoms with Crippen LogP contribution in [0.2, 0.25) is 0 Å². The first-order chi connectivity index (χ1) is 13.6. The van der Waals surface area contributed by atoms with Gasteiger partial charge in [0, 0.05) is 23.8 Å². The van der Waals surface area contributed by atoms with Gasteiger partial charge in [0.25, 0.3) is 11.6 Å². The zero-order valence-corrected chi connectivity index (χ0v) is 14.7. The normalized spacial score (nSPS) is 11.1. The average molecular weight is 369 g/mol. The number of carbonyl (C=O) groups is 1. The van der Waals surface area contributed by atoms with Crippen molar-refractivity contribution < 1.29 is 9.72 Å². The molecular weight excluding hydrogens is 354 g/mol. The van der Waals surface area contributed by atoms with E-state index in [2.05, 4.69) is 4.98 Å². The van der Waals surface area contributed by atoms with E-state index >= 15 is 0 Å². The maximum Gasteiger partial charge on any atom is 0.269 e. The largest absolute Gasteiger partial charge is 0.269 e. The highest BCUT2D eigenvalue weighted by Gasteiger charge is 2.17. The van der Waals surface area contributed by atoms with E-state index in [1.54, 1.807) is 18.2 Å². The molecule has 4 rings (SSSR count). The number of benzene rings is 3. The Morgan fingerprint density at radius 2 is 1.61 bits per heavy atom. The van der Waals surface area contributed by atoms with Crippen LogP contribution in [-0.2, 0) is 0 Å². The number of non-ortho nitro benzene ring substituents is 1. The molecule has 0 fully saturated rings. The number of hydrogen-bond donors (Lipinski definition) is 0. The van der Waals surface area contributed by atoms with Crippen LogP contribution in [-0.4, -0.2) is 20.4 Å². The fourth-order valence-corrected chi connectivity index (χ4v) is 2.98. The molecule has 0 aliphatic carbocycles. The van der Waals surface area contributed by atoms with E-state index in [0.29, 0.717) is 22.4 Å². The third-order valence-corrected chi connectivity index (χ3v) is 4.34. The molecule has 4 aromatic rings. The third-order valence-electron chi connectivity index (χ3n) is 4.34. The SMILES string of the molecule is O=C(/C=C/c1ccccc1)n1c(-c2ccc([N+](=O)[O-])cc2)nc2ccccc21. The lowest BCUT2D eigenvalue weighted by Gasteiger charge is -2.05. The molecule has 3 aromatic carbocycles. The van der Waals surface area contributed by atoms with Gasteiger partial charge in [0.1, 0.15) is 5.82 Å². The summed E-state index contributed by atoms with van der Waals surface area (Å²) in [6.45, 7) is 0. The van der Waals surface area contributed by atoms with Gasteiger partial charge in [-0.15, -0.1) is 0 Å². The molecule has 0 aliphatic rings. The van der Waals surface area contributed by atoms with Gasteiger partial charge in [-0.1, -0.05) is 42.5 Å². The topological polar surface area (TPSA) is 78.0 Å². The van der Waals surface area contributed by atoms with Gasteiger partial charge in [-0.3, -0.25) is 19.5 Å². The molecule has 0 atom stereocenters. The van der Waals surface area contributed by atoms with Crippen LogP contribution in [0.1, 0.15) is 10.4 Å². The minimum Gasteiger partial charge on any atom is -0.269 e. The van der Waals surface area contributed by atoms with Gasteiger partial charge >= 0.3 is 0 Å². The molecule has 0 unspecified atom stereocenters. The Morgan fingerprint density at radius 1 is 0.929 bits per heavy atom. The molecule has 0 radical (unpaired) electrons. The lowest BCUT2D eigenvalue weighted by Crippen LogP contribution is -2.09. The third kappa shape index (κ3) is 3.31. The molecule has 6 heteroatoms. The molecule has 0 amide bonds. The van der Waals surface area contributed by atoms with Crippen molar-refractivity contribution in [3.05, 3.63) is 101 Å². The van der Waals surface area contributed by atoms with E-state index in [1.807, 2.05) is 54.6 Å². The number of nitrogens with zero attached hydrogens (tertiary/aromatic N) is 3. The molecule has 6 nitrogen and oxygen atoms in total. The number of allylic oxidation sites excluding steroid dienone is 1. The van der Waals surface area contributed by atoms with Crippen molar-refractivity contribution in [1.82, 2.24) is 9.55 Å². The van der Waals surface area contributed by atoms with Crippen LogP contribution in [0.3, 0.4) is 0 Å². The number of nitro benzene ring substituents is 1. The minimum atomic E-state index is -0.458. The molecule has 0 saturated carbocycles. The number of rotatable bonds is 4. The number of hydrogen-bond acceptors (Lipinski definition) is 4. The van der Waals surface area contributed by atoms with E-state index < -0.39 is 4.92 Å². The molecule has 136 valence electrons. The van der Waals surface area contributed by atoms with Crippen LogP contribution in [0.15, 0.2) is 84.9 Å². The zero-order valence-electron chi connectivity index (χ0n) is 14.7. The Kier molecular flexibility index (Phi) is 4.51. The van der Waals surface area contributed by atoms with Crippen LogP contribution in [0.4, 0.5) is 5.69 Å². The van der Waals surface area contributed by atoms with Gasteiger partial charge in [0.05, 0.1) is 16.0 Å². The molecular formula is C22H15N3O3. The fraction of sp³-hybridized carbons (Fsp3) is 0. The van der Waals surface area contributed by atoms with Crippen LogP contribution in [0, 0.1) is 10.1 Å². The van der Waals surface area contributed by atoms with Gasteiger partial charge in [0.2, 0.25) is 0 Å². The summed E-state index contributed by atoms with van der Waals surface area (Å²) in [5, 5.41) is 10.9. The Morgan fingerprint density at radius 3 is 2.32 bits per heavy atom. The number of aromatic nitrogens is 2. The molecule has 1 aromatic heterocycles. The van der Waals surface area contributed by atoms with Gasteiger partial charge in [0.15, 0.2) is 0 Å². The molecule has 0 spiro atoms. The first-order valence-electron chi connectivity index (χ1n) is 8.63. The minimum absolute atomic E-state index is 0.0123. The summed E-state index contributed by atoms with van der Waals surface area (Å²) < 4.78 is 1.52. The van der Waals surface area contributed by atoms with Crippen LogP contribution in [0.5, 0.6) is 0 Å². The van der Waals surface area contributed by atoms with E-state index in [9.17, 15) is 14.9 Å². The van der Waals surface area contributed by atoms with Crippen molar-refractivity contribution in [2.75, 3.05) is 0 Å². The van der Waals surface area contributed by atoms with Crippen molar-refractivity contribution in [3.8, 4) is 11.4 Å². The van der Waals surface area contributed by atoms with Gasteiger partial charge in [-0.2, -0.15) is 0 Å². The summed E-state index contributed by atoms with van der Waals surface area (Å²) in [6.07, 6.45) is 3.25. The van der Waals surface area contributed by atoms with E-state index in [-0.39, 0.29) is 11.6 Å². The highest BCUT2D eigenvalue weighted by Crippen LogP contribution is 2.26. The van der Waals surface area contributed by atoms with Crippen LogP contribution >= 0.6 is 0 Å². The van der Waals surface area contributed by atoms with E-state index in [4.69, 9.17) is 0 Å². The number of nitro groups is 1. The van der Waals surface area contributed by atoms with Crippen molar-refractivity contribution >= 4 is 28.7 Å². The quantitative estimate of drug-likeness (QED) is 0.289. The second-order valence-electron chi connectivity index (χ2n) is 6.15. The average Bonchev–Trinajstić information content (AvgIpc) is 3.12. The van der Waals surface area contributed by atoms with E-state index in [1.165, 1.54) is 22.8 Å². The second kappa shape index (κ2) is 7.28. The summed E-state index contributed by atoms with van der Waals surface area (Å²) in [7, 11) is 0. The smallest absolute Gasteiger partial charge is 0.269 e. The predicted molar refractivity (Wildman–Crippen MR) is 108 cm³/mol. The molecule has 0 aliphatic heterocycles. The fourth-order valence-electron chi connectivity index (χ4n) is 2.98. The Balaban J connectivity index is 1.80. The maximum absolute atomic E-state index is 13.0. The predicted octanol–water partition coefficient (Wildman–Crippen LogP) is 4.97. The standard InChI is InChI=1S/C22H15N3O3/c26-21(15-10-16-6-2-1-3-7-16)24-20-9-5-4-8-19(20)23-22(24)17-11-13-18(14-12-17)25(27)28/h1-15H/b15-10+. The summed E-state index contributed by atoms with van der Waals surface area (Å²) >= 11 is 0. The molecule has 0 N–H and O–H groups in total. The van der Waals surface area contributed by atoms with E-state index in [0.717, 1.165) is 5.56 Å². The summed E-state index contributed by atoms with van der Waals surface area (Å²) in [5.74, 6) is 0.199. The van der Waals surface area contributed by atoms with Crippen LogP contribution in [0.25, 0.3) is 28.5 Å². The zero-order chi connectivity index (χ0) is 19.5. The number of fused-ring (bicyclic) bond motifs is 1. The number of para-hydroxylation sites is 2. The molecule has 0 saturated heterocycles. The molecule has 0 bridgehead atoms. The summed E-state index contributed by atoms with van der Waals surface area (Å²) in [4.78, 5) is 28.0. The van der Waals surface area contributed by atoms with Crippen molar-refractivity contribution in [2.24, 2.45) is 0 Å². The van der Waals surface area contributed by atoms with Gasteiger partial charge < -0.3 is 0 Å². The summed E-state index contributed by atoms with van der Waals surface area (Å²) in [6, 6.07) is 22.9. The van der Waals surface area contributed by atoms with Crippen molar-refractivity contribution in [1.29, 1.82) is 0 Å². The number of imidazole rings is 1. The monoisotopic (exact) mass is 369 g/mol. The Labute approximate surface area is 160 Å². The Hall–Kier alpha value is -4.06. The highest BCUT2D eigenvalue weighted by molar-refractivity contribution is 6.02. The maximum atomic E-state index is 13.0. The first kappa shape index (κ1) is 17.4. The van der Waals surface area contributed by atoms with Crippen molar-refractivity contribution in [3.63, 3.8) is 0 Å². The lowest BCUT2D eigenvalue weighted by atomic mass is 10.2. The van der Waals surface area contributed by atoms with Gasteiger partial charge in [-0.25, -0.2) is 4.98 Å². The second-order valence-corrected chi connectivity index (χ2v) is 6.15. The first-order valence-corrected chi connectivity index (χ1v) is 8.63. The molecule has 1 heterocycles. The summed E-state index contributed by atoms with van der Waals surface area (Å²) in [5.41, 5.74) is 2.89. The van der Waals surface area contributed by atoms with Crippen molar-refractivity contribution in [2.45, 2.75) is 0 Å². The van der Waals surface area contributed by atoms with Crippen LogP contribution < -0.4 is 0 Å². The lowest BCUT2D eigenvalue weighted by molar-refractivity contribution is -0.384. The molecule has 28 heavy (non-hydrogen) atoms. The van der Waals surface area contributed by atoms with Gasteiger partial charge in [-0.05, 0) is 35.9 Å².